The third-order valence-corrected chi connectivity index (χ3v) is 3.55. The van der Waals surface area contributed by atoms with Gasteiger partial charge in [-0.05, 0) is 32.7 Å². The van der Waals surface area contributed by atoms with Crippen molar-refractivity contribution in [3.63, 3.8) is 0 Å². The number of ketones is 1. The molecule has 0 spiro atoms. The average molecular weight is 251 g/mol. The van der Waals surface area contributed by atoms with E-state index >= 15 is 0 Å². The van der Waals surface area contributed by atoms with E-state index in [1.54, 1.807) is 18.0 Å². The summed E-state index contributed by atoms with van der Waals surface area (Å²) in [5, 5.41) is 7.54. The maximum absolute atomic E-state index is 12.7. The highest BCUT2D eigenvalue weighted by Gasteiger charge is 2.39. The molecule has 1 saturated heterocycles. The van der Waals surface area contributed by atoms with Crippen molar-refractivity contribution in [1.29, 1.82) is 0 Å². The molecule has 1 fully saturated rings. The van der Waals surface area contributed by atoms with Crippen LogP contribution in [0.15, 0.2) is 6.20 Å². The van der Waals surface area contributed by atoms with Crippen molar-refractivity contribution in [2.45, 2.75) is 45.2 Å². The van der Waals surface area contributed by atoms with Crippen molar-refractivity contribution in [2.75, 3.05) is 13.7 Å². The maximum Gasteiger partial charge on any atom is 0.204 e. The monoisotopic (exact) mass is 251 g/mol. The van der Waals surface area contributed by atoms with Crippen LogP contribution >= 0.6 is 0 Å². The fourth-order valence-electron chi connectivity index (χ4n) is 2.48. The summed E-state index contributed by atoms with van der Waals surface area (Å²) < 4.78 is 7.02. The smallest absolute Gasteiger partial charge is 0.204 e. The molecule has 1 aliphatic heterocycles. The van der Waals surface area contributed by atoms with E-state index in [4.69, 9.17) is 4.74 Å². The van der Waals surface area contributed by atoms with Crippen LogP contribution in [-0.2, 0) is 6.54 Å². The Morgan fingerprint density at radius 2 is 2.44 bits per heavy atom. The molecule has 0 bridgehead atoms. The van der Waals surface area contributed by atoms with Crippen LogP contribution in [0, 0.1) is 0 Å². The van der Waals surface area contributed by atoms with Crippen molar-refractivity contribution < 1.29 is 9.53 Å². The average Bonchev–Trinajstić information content (AvgIpc) is 2.96. The molecule has 100 valence electrons. The zero-order chi connectivity index (χ0) is 13.2. The fourth-order valence-corrected chi connectivity index (χ4v) is 2.48. The molecule has 1 N–H and O–H groups in total. The maximum atomic E-state index is 12.7. The van der Waals surface area contributed by atoms with Crippen molar-refractivity contribution in [3.8, 4) is 5.75 Å². The molecule has 1 aromatic heterocycles. The van der Waals surface area contributed by atoms with E-state index < -0.39 is 5.54 Å². The zero-order valence-electron chi connectivity index (χ0n) is 11.3. The molecule has 5 heteroatoms. The van der Waals surface area contributed by atoms with Crippen LogP contribution in [0.1, 0.15) is 43.6 Å². The zero-order valence-corrected chi connectivity index (χ0v) is 11.3. The van der Waals surface area contributed by atoms with Crippen LogP contribution in [0.5, 0.6) is 5.75 Å². The lowest BCUT2D eigenvalue weighted by Crippen LogP contribution is -2.45. The number of aromatic nitrogens is 2. The van der Waals surface area contributed by atoms with E-state index in [1.807, 2.05) is 6.92 Å². The molecule has 1 aliphatic rings. The highest BCUT2D eigenvalue weighted by molar-refractivity contribution is 6.03. The van der Waals surface area contributed by atoms with Gasteiger partial charge in [0.1, 0.15) is 5.69 Å². The van der Waals surface area contributed by atoms with Crippen molar-refractivity contribution in [2.24, 2.45) is 0 Å². The summed E-state index contributed by atoms with van der Waals surface area (Å²) in [6.45, 7) is 5.66. The van der Waals surface area contributed by atoms with Crippen LogP contribution in [0.4, 0.5) is 0 Å². The van der Waals surface area contributed by atoms with Gasteiger partial charge < -0.3 is 10.1 Å². The van der Waals surface area contributed by atoms with Crippen molar-refractivity contribution in [3.05, 3.63) is 11.9 Å². The number of nitrogens with zero attached hydrogens (tertiary/aromatic N) is 2. The third-order valence-electron chi connectivity index (χ3n) is 3.55. The van der Waals surface area contributed by atoms with Crippen LogP contribution in [0.2, 0.25) is 0 Å². The number of carbonyl (C=O) groups is 1. The molecule has 0 amide bonds. The Morgan fingerprint density at radius 1 is 1.67 bits per heavy atom. The SMILES string of the molecule is CCCn1ncc(OC)c1C(=O)C1(C)CCCN1. The third kappa shape index (κ3) is 2.14. The van der Waals surface area contributed by atoms with Crippen LogP contribution in [0.3, 0.4) is 0 Å². The van der Waals surface area contributed by atoms with Crippen molar-refractivity contribution >= 4 is 5.78 Å². The van der Waals surface area contributed by atoms with E-state index in [-0.39, 0.29) is 5.78 Å². The van der Waals surface area contributed by atoms with Gasteiger partial charge in [-0.25, -0.2) is 0 Å². The van der Waals surface area contributed by atoms with Crippen LogP contribution in [0.25, 0.3) is 0 Å². The van der Waals surface area contributed by atoms with Gasteiger partial charge in [0.15, 0.2) is 5.75 Å². The fraction of sp³-hybridized carbons (Fsp3) is 0.692. The quantitative estimate of drug-likeness (QED) is 0.808. The van der Waals surface area contributed by atoms with Gasteiger partial charge >= 0.3 is 0 Å². The number of aryl methyl sites for hydroxylation is 1. The molecule has 2 rings (SSSR count). The standard InChI is InChI=1S/C13H21N3O2/c1-4-8-16-11(10(18-3)9-15-16)12(17)13(2)6-5-7-14-13/h9,14H,4-8H2,1-3H3. The molecule has 18 heavy (non-hydrogen) atoms. The molecule has 1 unspecified atom stereocenters. The number of Topliss-reactive ketones (excluding diaryl/α,β-unsaturated/α-hetero) is 1. The summed E-state index contributed by atoms with van der Waals surface area (Å²) in [5.41, 5.74) is 0.120. The Kier molecular flexibility index (Phi) is 3.71. The first-order valence-electron chi connectivity index (χ1n) is 6.52. The molecule has 0 aromatic carbocycles. The van der Waals surface area contributed by atoms with E-state index in [0.717, 1.165) is 32.4 Å². The van der Waals surface area contributed by atoms with Gasteiger partial charge in [0.05, 0.1) is 18.8 Å². The number of ether oxygens (including phenoxy) is 1. The number of hydrogen-bond acceptors (Lipinski definition) is 4. The highest BCUT2D eigenvalue weighted by Crippen LogP contribution is 2.28. The summed E-state index contributed by atoms with van der Waals surface area (Å²) in [4.78, 5) is 12.7. The minimum absolute atomic E-state index is 0.0859. The minimum atomic E-state index is -0.473. The van der Waals surface area contributed by atoms with Gasteiger partial charge in [0.2, 0.25) is 5.78 Å². The summed E-state index contributed by atoms with van der Waals surface area (Å²) in [5.74, 6) is 0.658. The first-order valence-corrected chi connectivity index (χ1v) is 6.52. The number of nitrogens with one attached hydrogen (secondary N) is 1. The van der Waals surface area contributed by atoms with Gasteiger partial charge in [-0.1, -0.05) is 6.92 Å². The Balaban J connectivity index is 2.36. The molecule has 0 saturated carbocycles. The second-order valence-corrected chi connectivity index (χ2v) is 4.98. The molecular formula is C13H21N3O2. The predicted octanol–water partition coefficient (Wildman–Crippen LogP) is 1.63. The van der Waals surface area contributed by atoms with Crippen LogP contribution < -0.4 is 10.1 Å². The van der Waals surface area contributed by atoms with E-state index in [2.05, 4.69) is 17.3 Å². The summed E-state index contributed by atoms with van der Waals surface area (Å²) >= 11 is 0. The summed E-state index contributed by atoms with van der Waals surface area (Å²) in [6.07, 6.45) is 4.47. The lowest BCUT2D eigenvalue weighted by atomic mass is 9.92. The second kappa shape index (κ2) is 5.10. The Bertz CT molecular complexity index is 433. The minimum Gasteiger partial charge on any atom is -0.493 e. The van der Waals surface area contributed by atoms with Gasteiger partial charge in [0.25, 0.3) is 0 Å². The first-order chi connectivity index (χ1) is 8.62. The lowest BCUT2D eigenvalue weighted by molar-refractivity contribution is 0.0869. The number of carbonyl (C=O) groups excluding carboxylic acids is 1. The Morgan fingerprint density at radius 3 is 3.00 bits per heavy atom. The van der Waals surface area contributed by atoms with E-state index in [1.165, 1.54) is 0 Å². The number of hydrogen-bond donors (Lipinski definition) is 1. The molecule has 1 aromatic rings. The summed E-state index contributed by atoms with van der Waals surface area (Å²) in [6, 6.07) is 0. The molecule has 0 radical (unpaired) electrons. The number of methoxy groups -OCH3 is 1. The Labute approximate surface area is 108 Å². The Hall–Kier alpha value is -1.36. The van der Waals surface area contributed by atoms with Crippen LogP contribution in [-0.4, -0.2) is 34.8 Å². The molecular weight excluding hydrogens is 230 g/mol. The van der Waals surface area contributed by atoms with Crippen molar-refractivity contribution in [1.82, 2.24) is 15.1 Å². The van der Waals surface area contributed by atoms with Gasteiger partial charge in [-0.15, -0.1) is 0 Å². The van der Waals surface area contributed by atoms with Gasteiger partial charge in [-0.3, -0.25) is 9.48 Å². The predicted molar refractivity (Wildman–Crippen MR) is 69.0 cm³/mol. The highest BCUT2D eigenvalue weighted by atomic mass is 16.5. The second-order valence-electron chi connectivity index (χ2n) is 4.98. The normalized spacial score (nSPS) is 23.3. The first kappa shape index (κ1) is 13.1. The number of rotatable bonds is 5. The van der Waals surface area contributed by atoms with E-state index in [9.17, 15) is 4.79 Å². The topological polar surface area (TPSA) is 56.2 Å². The van der Waals surface area contributed by atoms with Gasteiger partial charge in [0, 0.05) is 6.54 Å². The lowest BCUT2D eigenvalue weighted by Gasteiger charge is -2.23. The largest absolute Gasteiger partial charge is 0.493 e. The van der Waals surface area contributed by atoms with Gasteiger partial charge in [-0.2, -0.15) is 5.10 Å². The molecule has 0 aliphatic carbocycles. The van der Waals surface area contributed by atoms with E-state index in [0.29, 0.717) is 11.4 Å². The molecule has 1 atom stereocenters. The molecule has 2 heterocycles. The molecule has 5 nitrogen and oxygen atoms in total. The summed E-state index contributed by atoms with van der Waals surface area (Å²) in [7, 11) is 1.58.